The highest BCUT2D eigenvalue weighted by atomic mass is 28.3. The van der Waals surface area contributed by atoms with Gasteiger partial charge in [-0.15, -0.1) is 0 Å². The van der Waals surface area contributed by atoms with E-state index in [9.17, 15) is 0 Å². The van der Waals surface area contributed by atoms with Crippen molar-refractivity contribution in [3.63, 3.8) is 0 Å². The highest BCUT2D eigenvalue weighted by molar-refractivity contribution is 7.17. The third kappa shape index (κ3) is 10.1. The van der Waals surface area contributed by atoms with Gasteiger partial charge in [0, 0.05) is 0 Å². The number of rotatable bonds is 16. The molecule has 0 spiro atoms. The molecule has 380 valence electrons. The van der Waals surface area contributed by atoms with E-state index in [1.165, 1.54) is 117 Å². The summed E-state index contributed by atoms with van der Waals surface area (Å²) in [6, 6.07) is 75.7. The number of benzene rings is 9. The van der Waals surface area contributed by atoms with Crippen molar-refractivity contribution in [3.8, 4) is 0 Å². The molecule has 1 unspecified atom stereocenters. The summed E-state index contributed by atoms with van der Waals surface area (Å²) in [4.78, 5) is 0. The van der Waals surface area contributed by atoms with Gasteiger partial charge in [-0.05, 0) is 228 Å². The maximum Gasteiger partial charge on any atom is 0.178 e. The largest absolute Gasteiger partial charge is 0.178 e. The Morgan fingerprint density at radius 2 is 0.500 bits per heavy atom. The van der Waals surface area contributed by atoms with Gasteiger partial charge < -0.3 is 0 Å². The molecule has 0 aliphatic heterocycles. The average Bonchev–Trinajstić information content (AvgIpc) is 3.74. The first-order chi connectivity index (χ1) is 36.8. The summed E-state index contributed by atoms with van der Waals surface area (Å²) in [6.07, 6.45) is 5.19. The summed E-state index contributed by atoms with van der Waals surface area (Å²) >= 11 is 0. The van der Waals surface area contributed by atoms with E-state index in [1.54, 1.807) is 20.8 Å². The summed E-state index contributed by atoms with van der Waals surface area (Å²) in [7, 11) is -3.53. The van der Waals surface area contributed by atoms with Crippen LogP contribution in [0.25, 0.3) is 0 Å². The van der Waals surface area contributed by atoms with Crippen LogP contribution in [-0.4, -0.2) is 8.07 Å². The first-order valence-electron chi connectivity index (χ1n) is 27.8. The molecule has 0 amide bonds. The van der Waals surface area contributed by atoms with Gasteiger partial charge in [-0.2, -0.15) is 0 Å². The van der Waals surface area contributed by atoms with Crippen molar-refractivity contribution in [2.45, 2.75) is 108 Å². The maximum absolute atomic E-state index is 3.53. The zero-order valence-electron chi connectivity index (χ0n) is 46.9. The lowest BCUT2D eigenvalue weighted by Gasteiger charge is -2.46. The molecule has 0 N–H and O–H groups in total. The minimum absolute atomic E-state index is 0.224. The van der Waals surface area contributed by atoms with Crippen LogP contribution in [0.2, 0.25) is 0 Å². The Hall–Kier alpha value is -7.32. The molecular formula is C75H76Si. The predicted molar refractivity (Wildman–Crippen MR) is 328 cm³/mol. The molecule has 0 saturated carbocycles. The topological polar surface area (TPSA) is 0 Å². The van der Waals surface area contributed by atoms with Gasteiger partial charge in [0.2, 0.25) is 0 Å². The predicted octanol–water partition coefficient (Wildman–Crippen LogP) is 16.4. The fourth-order valence-electron chi connectivity index (χ4n) is 13.4. The van der Waals surface area contributed by atoms with Gasteiger partial charge >= 0.3 is 0 Å². The summed E-state index contributed by atoms with van der Waals surface area (Å²) in [5.74, 6) is 0.224. The third-order valence-corrected chi connectivity index (χ3v) is 23.8. The van der Waals surface area contributed by atoms with Crippen molar-refractivity contribution < 1.29 is 0 Å². The van der Waals surface area contributed by atoms with Crippen LogP contribution in [0.15, 0.2) is 222 Å². The second-order valence-electron chi connectivity index (χ2n) is 22.3. The smallest absolute Gasteiger partial charge is 0.0636 e. The molecular weight excluding hydrogens is 929 g/mol. The minimum atomic E-state index is -3.53. The lowest BCUT2D eigenvalue weighted by atomic mass is 9.91. The molecule has 0 saturated heterocycles. The normalized spacial score (nSPS) is 13.7. The van der Waals surface area contributed by atoms with E-state index in [-0.39, 0.29) is 5.92 Å². The van der Waals surface area contributed by atoms with Crippen LogP contribution in [0.1, 0.15) is 128 Å². The van der Waals surface area contributed by atoms with Crippen LogP contribution in [0.5, 0.6) is 0 Å². The Labute approximate surface area is 457 Å². The SMILES string of the molecule is CC1=C(C)C(C)C([Si](c2c(Cc3ccccc3)cc(Cc3ccccc3)c(C)c2C)(c2c(Cc3ccccc3)cc(Cc3ccccc3)c(C)c2C)c2c(Cc3ccccc3)cc(Cc3ccccc3)c(C)c2C)=C1C. The monoisotopic (exact) mass is 1000 g/mol. The van der Waals surface area contributed by atoms with E-state index in [4.69, 9.17) is 0 Å². The molecule has 1 aliphatic rings. The van der Waals surface area contributed by atoms with Gasteiger partial charge in [0.25, 0.3) is 0 Å². The molecule has 0 fully saturated rings. The van der Waals surface area contributed by atoms with Crippen molar-refractivity contribution in [1.82, 2.24) is 0 Å². The third-order valence-electron chi connectivity index (χ3n) is 17.9. The molecule has 0 nitrogen and oxygen atoms in total. The van der Waals surface area contributed by atoms with Crippen LogP contribution in [0.3, 0.4) is 0 Å². The Kier molecular flexibility index (Phi) is 15.4. The maximum atomic E-state index is 2.69. The van der Waals surface area contributed by atoms with Crippen molar-refractivity contribution in [1.29, 1.82) is 0 Å². The second-order valence-corrected chi connectivity index (χ2v) is 25.8. The Morgan fingerprint density at radius 3 is 0.711 bits per heavy atom. The molecule has 0 bridgehead atoms. The number of allylic oxidation sites excluding steroid dienone is 4. The van der Waals surface area contributed by atoms with Gasteiger partial charge in [0.1, 0.15) is 0 Å². The van der Waals surface area contributed by atoms with Crippen LogP contribution < -0.4 is 15.6 Å². The zero-order chi connectivity index (χ0) is 53.1. The molecule has 0 radical (unpaired) electrons. The first kappa shape index (κ1) is 52.1. The first-order valence-corrected chi connectivity index (χ1v) is 29.8. The van der Waals surface area contributed by atoms with E-state index >= 15 is 0 Å². The Balaban J connectivity index is 1.45. The van der Waals surface area contributed by atoms with E-state index in [0.29, 0.717) is 0 Å². The average molecular weight is 1010 g/mol. The summed E-state index contributed by atoms with van der Waals surface area (Å²) in [6.45, 7) is 24.9. The van der Waals surface area contributed by atoms with Crippen LogP contribution in [-0.2, 0) is 38.5 Å². The fraction of sp³-hybridized carbons (Fsp3) is 0.227. The summed E-state index contributed by atoms with van der Waals surface area (Å²) < 4.78 is 0. The molecule has 10 rings (SSSR count). The van der Waals surface area contributed by atoms with Gasteiger partial charge in [-0.1, -0.05) is 223 Å². The highest BCUT2D eigenvalue weighted by Gasteiger charge is 2.54. The van der Waals surface area contributed by atoms with E-state index in [1.807, 2.05) is 0 Å². The van der Waals surface area contributed by atoms with Crippen molar-refractivity contribution in [3.05, 3.63) is 322 Å². The lowest BCUT2D eigenvalue weighted by Crippen LogP contribution is -2.74. The molecule has 1 atom stereocenters. The van der Waals surface area contributed by atoms with Crippen molar-refractivity contribution >= 4 is 23.6 Å². The van der Waals surface area contributed by atoms with Gasteiger partial charge in [0.05, 0.1) is 0 Å². The Morgan fingerprint density at radius 1 is 0.276 bits per heavy atom. The molecule has 9 aromatic carbocycles. The van der Waals surface area contributed by atoms with Gasteiger partial charge in [-0.25, -0.2) is 0 Å². The van der Waals surface area contributed by atoms with Crippen molar-refractivity contribution in [2.24, 2.45) is 5.92 Å². The quantitative estimate of drug-likeness (QED) is 0.0668. The van der Waals surface area contributed by atoms with Crippen LogP contribution in [0, 0.1) is 47.5 Å². The zero-order valence-corrected chi connectivity index (χ0v) is 47.9. The minimum Gasteiger partial charge on any atom is -0.0636 e. The standard InChI is InChI=1S/C75H76Si/c1-50-51(2)56(7)72(55(50)6)76(73-57(8)52(3)66(41-60-29-17-11-18-30-60)47-69(73)44-63-35-23-14-24-36-63,74-58(9)53(4)67(42-61-31-19-12-20-32-61)48-70(74)45-64-37-25-15-26-38-64)75-59(10)54(5)68(43-62-33-21-13-22-34-62)49-71(75)46-65-39-27-16-28-40-65/h11-40,47-49,55H,41-46H2,1-10H3. The van der Waals surface area contributed by atoms with Crippen LogP contribution >= 0.6 is 0 Å². The summed E-state index contributed by atoms with van der Waals surface area (Å²) in [5.41, 5.74) is 29.8. The Bertz CT molecular complexity index is 3240. The molecule has 0 heterocycles. The van der Waals surface area contributed by atoms with Crippen molar-refractivity contribution in [2.75, 3.05) is 0 Å². The molecule has 76 heavy (non-hydrogen) atoms. The van der Waals surface area contributed by atoms with Crippen LogP contribution in [0.4, 0.5) is 0 Å². The van der Waals surface area contributed by atoms with E-state index in [0.717, 1.165) is 38.5 Å². The molecule has 9 aromatic rings. The number of hydrogen-bond donors (Lipinski definition) is 0. The molecule has 1 aliphatic carbocycles. The van der Waals surface area contributed by atoms with Gasteiger partial charge in [-0.3, -0.25) is 0 Å². The molecule has 1 heteroatoms. The number of hydrogen-bond acceptors (Lipinski definition) is 0. The van der Waals surface area contributed by atoms with Gasteiger partial charge in [0.15, 0.2) is 8.07 Å². The lowest BCUT2D eigenvalue weighted by molar-refractivity contribution is 0.850. The van der Waals surface area contributed by atoms with E-state index in [2.05, 4.69) is 269 Å². The highest BCUT2D eigenvalue weighted by Crippen LogP contribution is 2.45. The van der Waals surface area contributed by atoms with E-state index < -0.39 is 8.07 Å². The second kappa shape index (κ2) is 22.5. The summed E-state index contributed by atoms with van der Waals surface area (Å²) in [5, 5.41) is 6.44. The fourth-order valence-corrected chi connectivity index (χ4v) is 20.7. The molecule has 0 aromatic heterocycles.